The summed E-state index contributed by atoms with van der Waals surface area (Å²) in [5, 5.41) is 47.0. The maximum atomic E-state index is 13.5. The molecule has 0 bridgehead atoms. The summed E-state index contributed by atoms with van der Waals surface area (Å²) in [6, 6.07) is 2.03. The molecule has 1 amide bonds. The third kappa shape index (κ3) is 3.28. The van der Waals surface area contributed by atoms with Crippen LogP contribution in [-0.2, 0) is 16.0 Å². The van der Waals surface area contributed by atoms with Crippen LogP contribution in [0.25, 0.3) is 0 Å². The molecule has 1 aromatic rings. The number of likely N-dealkylation sites (N-methyl/N-ethyl adjacent to an activating group) is 1. The van der Waals surface area contributed by atoms with E-state index in [-0.39, 0.29) is 42.1 Å². The molecular weight excluding hydrogens is 466 g/mol. The molecule has 1 aromatic carbocycles. The number of hydrogen-bond acceptors (Lipinski definition) is 9. The van der Waals surface area contributed by atoms with Crippen molar-refractivity contribution in [3.05, 3.63) is 45.9 Å². The number of nitrogens with zero attached hydrogens (tertiary/aromatic N) is 1. The van der Waals surface area contributed by atoms with Crippen LogP contribution in [0, 0.1) is 11.8 Å². The van der Waals surface area contributed by atoms with Gasteiger partial charge in [-0.25, -0.2) is 0 Å². The Kier molecular flexibility index (Phi) is 6.47. The van der Waals surface area contributed by atoms with Crippen LogP contribution < -0.4 is 11.1 Å². The number of hydrogen-bond donors (Lipinski definition) is 6. The van der Waals surface area contributed by atoms with Crippen LogP contribution in [0.15, 0.2) is 34.8 Å². The zero-order valence-electron chi connectivity index (χ0n) is 19.0. The van der Waals surface area contributed by atoms with Crippen LogP contribution in [0.5, 0.6) is 5.75 Å². The van der Waals surface area contributed by atoms with E-state index in [1.165, 1.54) is 11.0 Å². The monoisotopic (exact) mass is 493 g/mol. The molecule has 4 rings (SSSR count). The number of anilines is 1. The van der Waals surface area contributed by atoms with Crippen molar-refractivity contribution >= 4 is 35.6 Å². The van der Waals surface area contributed by atoms with Gasteiger partial charge in [-0.15, -0.1) is 12.4 Å². The SMILES string of the molecule is CCNc1ccc(O)c2c1CC1CC3[C@H](N(C)C)C(O)=C(C(N)=O)C(=O)[C@@]3(O)C(O)=C1C2=O.Cl. The van der Waals surface area contributed by atoms with Crippen LogP contribution in [0.2, 0.25) is 0 Å². The Labute approximate surface area is 202 Å². The number of nitrogens with two attached hydrogens (primary N) is 1. The number of phenolic OH excluding ortho intramolecular Hbond substituents is 1. The Hall–Kier alpha value is -3.08. The number of ketones is 2. The number of primary amides is 1. The van der Waals surface area contributed by atoms with E-state index in [1.807, 2.05) is 6.92 Å². The summed E-state index contributed by atoms with van der Waals surface area (Å²) in [4.78, 5) is 40.1. The Morgan fingerprint density at radius 3 is 2.44 bits per heavy atom. The smallest absolute Gasteiger partial charge is 0.255 e. The third-order valence-electron chi connectivity index (χ3n) is 6.97. The highest BCUT2D eigenvalue weighted by atomic mass is 35.5. The molecule has 3 aliphatic rings. The number of carbonyl (C=O) groups is 3. The zero-order chi connectivity index (χ0) is 24.4. The summed E-state index contributed by atoms with van der Waals surface area (Å²) < 4.78 is 0. The summed E-state index contributed by atoms with van der Waals surface area (Å²) >= 11 is 0. The minimum Gasteiger partial charge on any atom is -0.510 e. The summed E-state index contributed by atoms with van der Waals surface area (Å²) in [7, 11) is 3.18. The summed E-state index contributed by atoms with van der Waals surface area (Å²) in [6.07, 6.45) is 0.318. The lowest BCUT2D eigenvalue weighted by Crippen LogP contribution is -2.63. The van der Waals surface area contributed by atoms with E-state index in [1.54, 1.807) is 20.2 Å². The average molecular weight is 494 g/mol. The summed E-state index contributed by atoms with van der Waals surface area (Å²) in [5.74, 6) is -6.54. The van der Waals surface area contributed by atoms with Crippen molar-refractivity contribution < 1.29 is 34.8 Å². The quantitative estimate of drug-likeness (QED) is 0.264. The number of rotatable bonds is 4. The van der Waals surface area contributed by atoms with Crippen molar-refractivity contribution in [2.24, 2.45) is 17.6 Å². The van der Waals surface area contributed by atoms with E-state index < -0.39 is 58.0 Å². The highest BCUT2D eigenvalue weighted by Gasteiger charge is 2.63. The maximum absolute atomic E-state index is 13.5. The predicted octanol–water partition coefficient (Wildman–Crippen LogP) is 0.974. The lowest BCUT2D eigenvalue weighted by atomic mass is 9.58. The van der Waals surface area contributed by atoms with Gasteiger partial charge in [0.25, 0.3) is 5.91 Å². The molecular formula is C23H28ClN3O7. The molecule has 34 heavy (non-hydrogen) atoms. The summed E-state index contributed by atoms with van der Waals surface area (Å²) in [5.41, 5.74) is 2.94. The number of amides is 1. The molecule has 11 heteroatoms. The first kappa shape index (κ1) is 25.5. The predicted molar refractivity (Wildman–Crippen MR) is 125 cm³/mol. The fraction of sp³-hybridized carbons (Fsp3) is 0.435. The Bertz CT molecular complexity index is 1160. The van der Waals surface area contributed by atoms with Crippen molar-refractivity contribution in [1.29, 1.82) is 0 Å². The van der Waals surface area contributed by atoms with Crippen LogP contribution in [0.3, 0.4) is 0 Å². The number of carbonyl (C=O) groups excluding carboxylic acids is 3. The largest absolute Gasteiger partial charge is 0.510 e. The van der Waals surface area contributed by atoms with E-state index in [9.17, 15) is 34.8 Å². The maximum Gasteiger partial charge on any atom is 0.255 e. The zero-order valence-corrected chi connectivity index (χ0v) is 19.8. The van der Waals surface area contributed by atoms with Gasteiger partial charge in [0.15, 0.2) is 11.4 Å². The van der Waals surface area contributed by atoms with Gasteiger partial charge in [-0.1, -0.05) is 0 Å². The van der Waals surface area contributed by atoms with Crippen molar-refractivity contribution in [2.45, 2.75) is 31.4 Å². The lowest BCUT2D eigenvalue weighted by Gasteiger charge is -2.50. The molecule has 4 atom stereocenters. The molecule has 184 valence electrons. The van der Waals surface area contributed by atoms with E-state index in [4.69, 9.17) is 5.73 Å². The van der Waals surface area contributed by atoms with Crippen molar-refractivity contribution in [1.82, 2.24) is 4.90 Å². The first-order valence-electron chi connectivity index (χ1n) is 10.7. The average Bonchev–Trinajstić information content (AvgIpc) is 2.72. The van der Waals surface area contributed by atoms with E-state index in [2.05, 4.69) is 5.32 Å². The second-order valence-electron chi connectivity index (χ2n) is 8.98. The molecule has 10 nitrogen and oxygen atoms in total. The van der Waals surface area contributed by atoms with Crippen molar-refractivity contribution in [3.8, 4) is 5.75 Å². The molecule has 0 radical (unpaired) electrons. The Morgan fingerprint density at radius 2 is 1.88 bits per heavy atom. The van der Waals surface area contributed by atoms with E-state index in [0.29, 0.717) is 17.8 Å². The van der Waals surface area contributed by atoms with Gasteiger partial charge in [-0.3, -0.25) is 19.3 Å². The van der Waals surface area contributed by atoms with Crippen molar-refractivity contribution in [3.63, 3.8) is 0 Å². The number of aromatic hydroxyl groups is 1. The number of aliphatic hydroxyl groups excluding tert-OH is 2. The molecule has 0 saturated heterocycles. The van der Waals surface area contributed by atoms with Gasteiger partial charge in [0.2, 0.25) is 5.78 Å². The topological polar surface area (TPSA) is 173 Å². The number of Topliss-reactive ketones (excluding diaryl/α,β-unsaturated/α-hetero) is 2. The number of nitrogens with one attached hydrogen (secondary N) is 1. The number of fused-ring (bicyclic) bond motifs is 3. The molecule has 7 N–H and O–H groups in total. The fourth-order valence-corrected chi connectivity index (χ4v) is 5.61. The summed E-state index contributed by atoms with van der Waals surface area (Å²) in [6.45, 7) is 2.47. The second-order valence-corrected chi connectivity index (χ2v) is 8.98. The number of benzene rings is 1. The first-order valence-corrected chi connectivity index (χ1v) is 10.7. The molecule has 2 unspecified atom stereocenters. The van der Waals surface area contributed by atoms with Gasteiger partial charge < -0.3 is 31.5 Å². The first-order chi connectivity index (χ1) is 15.5. The fourth-order valence-electron chi connectivity index (χ4n) is 5.61. The van der Waals surface area contributed by atoms with Crippen LogP contribution in [0.1, 0.15) is 29.3 Å². The number of allylic oxidation sites excluding steroid dienone is 1. The van der Waals surface area contributed by atoms with Gasteiger partial charge in [-0.2, -0.15) is 0 Å². The number of halogens is 1. The lowest BCUT2D eigenvalue weighted by molar-refractivity contribution is -0.148. The minimum absolute atomic E-state index is 0. The Balaban J connectivity index is 0.00000324. The minimum atomic E-state index is -2.63. The third-order valence-corrected chi connectivity index (χ3v) is 6.97. The van der Waals surface area contributed by atoms with E-state index >= 15 is 0 Å². The molecule has 0 aromatic heterocycles. The second kappa shape index (κ2) is 8.61. The molecule has 0 heterocycles. The molecule has 0 fully saturated rings. The van der Waals surface area contributed by atoms with Gasteiger partial charge >= 0.3 is 0 Å². The van der Waals surface area contributed by atoms with Crippen LogP contribution in [-0.4, -0.2) is 75.1 Å². The molecule has 3 aliphatic carbocycles. The molecule has 0 aliphatic heterocycles. The number of phenols is 1. The highest BCUT2D eigenvalue weighted by molar-refractivity contribution is 6.24. The standard InChI is InChI=1S/C23H27N3O7.ClH/c1-4-25-12-5-6-13(27)15-10(12)7-9-8-11-17(26(2)3)19(29)16(22(24)32)21(31)23(11,33)20(30)14(9)18(15)28;/h5-6,9,11,17,25,27,29-30,33H,4,7-8H2,1-3H3,(H2,24,32);1H/t9?,11?,17-,23-;/m0./s1. The van der Waals surface area contributed by atoms with Gasteiger partial charge in [0, 0.05) is 23.7 Å². The Morgan fingerprint density at radius 1 is 1.24 bits per heavy atom. The van der Waals surface area contributed by atoms with Crippen LogP contribution in [0.4, 0.5) is 5.69 Å². The van der Waals surface area contributed by atoms with Gasteiger partial charge in [-0.05, 0) is 57.5 Å². The van der Waals surface area contributed by atoms with Gasteiger partial charge in [0.1, 0.15) is 22.8 Å². The normalized spacial score (nSPS) is 28.2. The van der Waals surface area contributed by atoms with Crippen LogP contribution >= 0.6 is 12.4 Å². The molecule has 0 spiro atoms. The van der Waals surface area contributed by atoms with Gasteiger partial charge in [0.05, 0.1) is 11.6 Å². The van der Waals surface area contributed by atoms with Crippen molar-refractivity contribution in [2.75, 3.05) is 26.0 Å². The highest BCUT2D eigenvalue weighted by Crippen LogP contribution is 2.52. The molecule has 0 saturated carbocycles. The number of aliphatic hydroxyl groups is 3. The van der Waals surface area contributed by atoms with E-state index in [0.717, 1.165) is 0 Å².